The van der Waals surface area contributed by atoms with Crippen molar-refractivity contribution in [3.8, 4) is 10.6 Å². The minimum atomic E-state index is -0.516. The molecule has 0 bridgehead atoms. The van der Waals surface area contributed by atoms with Gasteiger partial charge in [0.15, 0.2) is 5.76 Å². The third-order valence-electron chi connectivity index (χ3n) is 3.14. The summed E-state index contributed by atoms with van der Waals surface area (Å²) in [5.41, 5.74) is -0.516. The Bertz CT molecular complexity index is 520. The van der Waals surface area contributed by atoms with Crippen molar-refractivity contribution in [1.82, 2.24) is 9.88 Å². The first-order chi connectivity index (χ1) is 9.56. The van der Waals surface area contributed by atoms with Crippen LogP contribution in [0.1, 0.15) is 12.8 Å². The summed E-state index contributed by atoms with van der Waals surface area (Å²) in [5, 5.41) is 20.6. The zero-order valence-electron chi connectivity index (χ0n) is 11.7. The Hall–Kier alpha value is -1.21. The van der Waals surface area contributed by atoms with Gasteiger partial charge in [0, 0.05) is 12.0 Å². The standard InChI is InChI=1S/C14H20N2O3S/c1-14(9-17,10-18)8-16(2)7-13-15-6-11(19-13)12-4-3-5-20-12/h3-6,17-18H,7-10H2,1-2H3. The van der Waals surface area contributed by atoms with E-state index in [1.165, 1.54) is 0 Å². The van der Waals surface area contributed by atoms with Crippen LogP contribution in [0, 0.1) is 5.41 Å². The molecular formula is C14H20N2O3S. The van der Waals surface area contributed by atoms with Gasteiger partial charge in [-0.3, -0.25) is 4.90 Å². The highest BCUT2D eigenvalue weighted by atomic mass is 32.1. The zero-order valence-corrected chi connectivity index (χ0v) is 12.6. The Kier molecular flexibility index (Phi) is 4.93. The van der Waals surface area contributed by atoms with Crippen LogP contribution in [-0.4, -0.2) is 46.9 Å². The summed E-state index contributed by atoms with van der Waals surface area (Å²) in [6.07, 6.45) is 1.73. The molecule has 0 saturated carbocycles. The summed E-state index contributed by atoms with van der Waals surface area (Å²) in [6.45, 7) is 2.84. The van der Waals surface area contributed by atoms with E-state index in [1.807, 2.05) is 36.4 Å². The summed E-state index contributed by atoms with van der Waals surface area (Å²) >= 11 is 1.61. The van der Waals surface area contributed by atoms with Crippen LogP contribution in [0.4, 0.5) is 0 Å². The summed E-state index contributed by atoms with van der Waals surface area (Å²) in [7, 11) is 1.92. The fourth-order valence-corrected chi connectivity index (χ4v) is 2.68. The molecule has 2 aromatic rings. The molecule has 5 nitrogen and oxygen atoms in total. The number of rotatable bonds is 7. The van der Waals surface area contributed by atoms with Crippen LogP contribution in [0.5, 0.6) is 0 Å². The average molecular weight is 296 g/mol. The highest BCUT2D eigenvalue weighted by Crippen LogP contribution is 2.25. The molecule has 110 valence electrons. The van der Waals surface area contributed by atoms with Crippen molar-refractivity contribution in [2.45, 2.75) is 13.5 Å². The van der Waals surface area contributed by atoms with E-state index in [-0.39, 0.29) is 13.2 Å². The lowest BCUT2D eigenvalue weighted by atomic mass is 9.92. The maximum Gasteiger partial charge on any atom is 0.209 e. The van der Waals surface area contributed by atoms with Gasteiger partial charge < -0.3 is 14.6 Å². The predicted molar refractivity (Wildman–Crippen MR) is 78.4 cm³/mol. The van der Waals surface area contributed by atoms with Crippen molar-refractivity contribution >= 4 is 11.3 Å². The van der Waals surface area contributed by atoms with Crippen molar-refractivity contribution in [1.29, 1.82) is 0 Å². The SMILES string of the molecule is CN(Cc1ncc(-c2cccs2)o1)CC(C)(CO)CO. The van der Waals surface area contributed by atoms with Crippen LogP contribution in [0.3, 0.4) is 0 Å². The van der Waals surface area contributed by atoms with Crippen LogP contribution in [0.25, 0.3) is 10.6 Å². The molecule has 0 aromatic carbocycles. The fraction of sp³-hybridized carbons (Fsp3) is 0.500. The van der Waals surface area contributed by atoms with Crippen molar-refractivity contribution in [3.05, 3.63) is 29.6 Å². The van der Waals surface area contributed by atoms with E-state index in [4.69, 9.17) is 4.42 Å². The van der Waals surface area contributed by atoms with Crippen molar-refractivity contribution in [2.24, 2.45) is 5.41 Å². The van der Waals surface area contributed by atoms with Crippen LogP contribution in [-0.2, 0) is 6.54 Å². The van der Waals surface area contributed by atoms with Crippen LogP contribution in [0.2, 0.25) is 0 Å². The van der Waals surface area contributed by atoms with Gasteiger partial charge in [-0.1, -0.05) is 13.0 Å². The molecule has 0 radical (unpaired) electrons. The van der Waals surface area contributed by atoms with E-state index in [9.17, 15) is 10.2 Å². The second-order valence-electron chi connectivity index (χ2n) is 5.39. The molecule has 2 rings (SSSR count). The lowest BCUT2D eigenvalue weighted by Crippen LogP contribution is -2.38. The fourth-order valence-electron chi connectivity index (χ4n) is 2.00. The monoisotopic (exact) mass is 296 g/mol. The van der Waals surface area contributed by atoms with Gasteiger partial charge in [-0.05, 0) is 18.5 Å². The van der Waals surface area contributed by atoms with Crippen molar-refractivity contribution in [2.75, 3.05) is 26.8 Å². The second-order valence-corrected chi connectivity index (χ2v) is 6.34. The third kappa shape index (κ3) is 3.67. The normalized spacial score (nSPS) is 12.2. The van der Waals surface area contributed by atoms with E-state index >= 15 is 0 Å². The number of nitrogens with zero attached hydrogens (tertiary/aromatic N) is 2. The quantitative estimate of drug-likeness (QED) is 0.815. The topological polar surface area (TPSA) is 69.7 Å². The molecule has 0 unspecified atom stereocenters. The molecule has 2 heterocycles. The first-order valence-corrected chi connectivity index (χ1v) is 7.33. The molecule has 0 amide bonds. The summed E-state index contributed by atoms with van der Waals surface area (Å²) in [6, 6.07) is 3.97. The van der Waals surface area contributed by atoms with Gasteiger partial charge in [0.05, 0.1) is 30.8 Å². The van der Waals surface area contributed by atoms with Gasteiger partial charge in [0.2, 0.25) is 5.89 Å². The molecular weight excluding hydrogens is 276 g/mol. The maximum absolute atomic E-state index is 9.31. The Morgan fingerprint density at radius 1 is 1.40 bits per heavy atom. The van der Waals surface area contributed by atoms with Crippen LogP contribution < -0.4 is 0 Å². The number of aliphatic hydroxyl groups is 2. The van der Waals surface area contributed by atoms with Gasteiger partial charge in [0.25, 0.3) is 0 Å². The molecule has 0 aliphatic rings. The van der Waals surface area contributed by atoms with Crippen molar-refractivity contribution in [3.63, 3.8) is 0 Å². The minimum absolute atomic E-state index is 0.0557. The number of hydrogen-bond acceptors (Lipinski definition) is 6. The Labute approximate surface area is 122 Å². The predicted octanol–water partition coefficient (Wildman–Crippen LogP) is 1.83. The molecule has 2 N–H and O–H groups in total. The highest BCUT2D eigenvalue weighted by Gasteiger charge is 2.25. The third-order valence-corrected chi connectivity index (χ3v) is 4.02. The van der Waals surface area contributed by atoms with Gasteiger partial charge >= 0.3 is 0 Å². The van der Waals surface area contributed by atoms with Gasteiger partial charge in [-0.25, -0.2) is 4.98 Å². The van der Waals surface area contributed by atoms with E-state index in [1.54, 1.807) is 17.5 Å². The van der Waals surface area contributed by atoms with E-state index in [0.717, 1.165) is 10.6 Å². The molecule has 20 heavy (non-hydrogen) atoms. The first-order valence-electron chi connectivity index (χ1n) is 6.45. The molecule has 0 saturated heterocycles. The molecule has 0 fully saturated rings. The van der Waals surface area contributed by atoms with E-state index < -0.39 is 5.41 Å². The Morgan fingerprint density at radius 3 is 2.75 bits per heavy atom. The molecule has 6 heteroatoms. The Balaban J connectivity index is 1.97. The van der Waals surface area contributed by atoms with E-state index in [0.29, 0.717) is 19.0 Å². The number of hydrogen-bond donors (Lipinski definition) is 2. The number of thiophene rings is 1. The second kappa shape index (κ2) is 6.49. The molecule has 0 aliphatic heterocycles. The van der Waals surface area contributed by atoms with Gasteiger partial charge in [-0.2, -0.15) is 0 Å². The zero-order chi connectivity index (χ0) is 14.6. The summed E-state index contributed by atoms with van der Waals surface area (Å²) in [5.74, 6) is 1.41. The molecule has 2 aromatic heterocycles. The lowest BCUT2D eigenvalue weighted by Gasteiger charge is -2.29. The molecule has 0 atom stereocenters. The first kappa shape index (κ1) is 15.2. The molecule has 0 aliphatic carbocycles. The smallest absolute Gasteiger partial charge is 0.209 e. The Morgan fingerprint density at radius 2 is 2.15 bits per heavy atom. The number of oxazole rings is 1. The maximum atomic E-state index is 9.31. The average Bonchev–Trinajstić information content (AvgIpc) is 3.08. The van der Waals surface area contributed by atoms with Gasteiger partial charge in [-0.15, -0.1) is 11.3 Å². The largest absolute Gasteiger partial charge is 0.438 e. The minimum Gasteiger partial charge on any atom is -0.438 e. The number of aliphatic hydroxyl groups excluding tert-OH is 2. The van der Waals surface area contributed by atoms with E-state index in [2.05, 4.69) is 4.98 Å². The number of aromatic nitrogens is 1. The summed E-state index contributed by atoms with van der Waals surface area (Å²) < 4.78 is 5.71. The summed E-state index contributed by atoms with van der Waals surface area (Å²) in [4.78, 5) is 7.31. The van der Waals surface area contributed by atoms with Gasteiger partial charge in [0.1, 0.15) is 0 Å². The van der Waals surface area contributed by atoms with Crippen molar-refractivity contribution < 1.29 is 14.6 Å². The van der Waals surface area contributed by atoms with Crippen LogP contribution >= 0.6 is 11.3 Å². The highest BCUT2D eigenvalue weighted by molar-refractivity contribution is 7.13. The van der Waals surface area contributed by atoms with Crippen LogP contribution in [0.15, 0.2) is 28.1 Å². The lowest BCUT2D eigenvalue weighted by molar-refractivity contribution is 0.0383. The molecule has 0 spiro atoms.